The molecule has 0 unspecified atom stereocenters. The summed E-state index contributed by atoms with van der Waals surface area (Å²) in [6.45, 7) is 3.78. The Labute approximate surface area is 122 Å². The van der Waals surface area contributed by atoms with Crippen LogP contribution >= 0.6 is 50.1 Å². The maximum absolute atomic E-state index is 12.0. The molecule has 0 fully saturated rings. The van der Waals surface area contributed by atoms with Gasteiger partial charge in [0.05, 0.1) is 5.56 Å². The summed E-state index contributed by atoms with van der Waals surface area (Å²) in [6.07, 6.45) is 0. The Bertz CT molecular complexity index is 409. The van der Waals surface area contributed by atoms with E-state index in [0.29, 0.717) is 11.4 Å². The summed E-state index contributed by atoms with van der Waals surface area (Å²) in [6, 6.07) is 5.64. The Morgan fingerprint density at radius 3 is 2.75 bits per heavy atom. The van der Waals surface area contributed by atoms with Crippen LogP contribution in [0, 0.1) is 3.57 Å². The van der Waals surface area contributed by atoms with Gasteiger partial charge in [-0.05, 0) is 70.6 Å². The molecule has 0 radical (unpaired) electrons. The second-order valence-corrected chi connectivity index (χ2v) is 6.46. The Kier molecular flexibility index (Phi) is 5.07. The Morgan fingerprint density at radius 2 is 2.19 bits per heavy atom. The summed E-state index contributed by atoms with van der Waals surface area (Å²) in [7, 11) is 0. The molecule has 0 saturated heterocycles. The molecule has 1 rings (SSSR count). The number of hydrogen-bond donors (Lipinski definition) is 1. The lowest BCUT2D eigenvalue weighted by atomic mass is 10.1. The van der Waals surface area contributed by atoms with Gasteiger partial charge in [0.1, 0.15) is 0 Å². The molecule has 16 heavy (non-hydrogen) atoms. The predicted octanol–water partition coefficient (Wildman–Crippen LogP) is 3.80. The van der Waals surface area contributed by atoms with Gasteiger partial charge in [-0.3, -0.25) is 4.79 Å². The smallest absolute Gasteiger partial charge is 0.252 e. The minimum Gasteiger partial charge on any atom is -0.346 e. The van der Waals surface area contributed by atoms with Gasteiger partial charge in [0.25, 0.3) is 5.91 Å². The number of halogens is 3. The third-order valence-corrected chi connectivity index (χ3v) is 3.99. The molecular weight excluding hydrogens is 404 g/mol. The third-order valence-electron chi connectivity index (χ3n) is 1.96. The molecule has 0 aliphatic carbocycles. The summed E-state index contributed by atoms with van der Waals surface area (Å²) in [4.78, 5) is 12.0. The lowest BCUT2D eigenvalue weighted by molar-refractivity contribution is 0.0919. The van der Waals surface area contributed by atoms with Gasteiger partial charge in [0, 0.05) is 19.5 Å². The second-order valence-electron chi connectivity index (χ2n) is 4.10. The van der Waals surface area contributed by atoms with Crippen molar-refractivity contribution < 1.29 is 4.79 Å². The number of rotatable bonds is 3. The molecule has 5 heteroatoms. The first-order valence-electron chi connectivity index (χ1n) is 4.69. The van der Waals surface area contributed by atoms with E-state index in [4.69, 9.17) is 11.6 Å². The van der Waals surface area contributed by atoms with Crippen LogP contribution in [0.4, 0.5) is 0 Å². The van der Waals surface area contributed by atoms with Crippen LogP contribution in [0.2, 0.25) is 0 Å². The molecule has 0 saturated carbocycles. The highest BCUT2D eigenvalue weighted by atomic mass is 127. The van der Waals surface area contributed by atoms with Crippen molar-refractivity contribution in [3.63, 3.8) is 0 Å². The molecule has 0 aromatic heterocycles. The molecule has 0 aliphatic rings. The van der Waals surface area contributed by atoms with E-state index in [0.717, 1.165) is 8.04 Å². The first kappa shape index (κ1) is 14.3. The molecule has 2 nitrogen and oxygen atoms in total. The average Bonchev–Trinajstić information content (AvgIpc) is 2.21. The van der Waals surface area contributed by atoms with Crippen molar-refractivity contribution in [3.8, 4) is 0 Å². The van der Waals surface area contributed by atoms with Crippen molar-refractivity contribution in [1.82, 2.24) is 5.32 Å². The summed E-state index contributed by atoms with van der Waals surface area (Å²) >= 11 is 11.3. The van der Waals surface area contributed by atoms with Crippen molar-refractivity contribution in [2.45, 2.75) is 19.4 Å². The van der Waals surface area contributed by atoms with E-state index in [9.17, 15) is 4.79 Å². The van der Waals surface area contributed by atoms with E-state index in [1.54, 1.807) is 0 Å². The zero-order valence-corrected chi connectivity index (χ0v) is 13.5. The first-order chi connectivity index (χ1) is 7.35. The van der Waals surface area contributed by atoms with Gasteiger partial charge in [-0.2, -0.15) is 0 Å². The van der Waals surface area contributed by atoms with Crippen molar-refractivity contribution in [1.29, 1.82) is 0 Å². The molecule has 1 N–H and O–H groups in total. The molecule has 0 aliphatic heterocycles. The highest BCUT2D eigenvalue weighted by molar-refractivity contribution is 14.1. The highest BCUT2D eigenvalue weighted by Crippen LogP contribution is 2.20. The predicted molar refractivity (Wildman–Crippen MR) is 79.1 cm³/mol. The molecule has 1 aromatic rings. The summed E-state index contributed by atoms with van der Waals surface area (Å²) in [5.41, 5.74) is 0.226. The molecule has 0 atom stereocenters. The molecule has 1 amide bonds. The van der Waals surface area contributed by atoms with E-state index in [1.807, 2.05) is 32.0 Å². The maximum atomic E-state index is 12.0. The van der Waals surface area contributed by atoms with Crippen LogP contribution in [0.5, 0.6) is 0 Å². The number of carbonyl (C=O) groups is 1. The van der Waals surface area contributed by atoms with E-state index < -0.39 is 5.54 Å². The molecule has 0 spiro atoms. The number of benzene rings is 1. The topological polar surface area (TPSA) is 29.1 Å². The van der Waals surface area contributed by atoms with E-state index in [2.05, 4.69) is 43.8 Å². The summed E-state index contributed by atoms with van der Waals surface area (Å²) < 4.78 is 1.81. The number of alkyl halides is 1. The van der Waals surface area contributed by atoms with E-state index in [-0.39, 0.29) is 5.91 Å². The van der Waals surface area contributed by atoms with Gasteiger partial charge in [-0.25, -0.2) is 0 Å². The molecule has 0 bridgehead atoms. The fourth-order valence-electron chi connectivity index (χ4n) is 1.08. The average molecular weight is 416 g/mol. The van der Waals surface area contributed by atoms with Crippen LogP contribution in [0.25, 0.3) is 0 Å². The fourth-order valence-corrected chi connectivity index (χ4v) is 2.06. The molecular formula is C11H12BrClINO. The maximum Gasteiger partial charge on any atom is 0.252 e. The SMILES string of the molecule is CC(C)(CCl)NC(=O)c1cc(I)ccc1Br. The third kappa shape index (κ3) is 3.89. The summed E-state index contributed by atoms with van der Waals surface area (Å²) in [5.74, 6) is 0.261. The van der Waals surface area contributed by atoms with Gasteiger partial charge in [0.2, 0.25) is 0 Å². The largest absolute Gasteiger partial charge is 0.346 e. The van der Waals surface area contributed by atoms with E-state index in [1.165, 1.54) is 0 Å². The molecule has 1 aromatic carbocycles. The minimum atomic E-state index is -0.403. The van der Waals surface area contributed by atoms with Crippen molar-refractivity contribution in [2.24, 2.45) is 0 Å². The van der Waals surface area contributed by atoms with Crippen LogP contribution in [0.1, 0.15) is 24.2 Å². The van der Waals surface area contributed by atoms with Crippen molar-refractivity contribution in [2.75, 3.05) is 5.88 Å². The lowest BCUT2D eigenvalue weighted by Crippen LogP contribution is -2.45. The van der Waals surface area contributed by atoms with Gasteiger partial charge < -0.3 is 5.32 Å². The zero-order valence-electron chi connectivity index (χ0n) is 8.98. The van der Waals surface area contributed by atoms with Gasteiger partial charge in [0.15, 0.2) is 0 Å². The number of carbonyl (C=O) groups excluding carboxylic acids is 1. The Hall–Kier alpha value is 0.190. The Balaban J connectivity index is 2.93. The zero-order chi connectivity index (χ0) is 12.3. The standard InChI is InChI=1S/C11H12BrClINO/c1-11(2,6-13)15-10(16)8-5-7(14)3-4-9(8)12/h3-5H,6H2,1-2H3,(H,15,16). The number of amides is 1. The summed E-state index contributed by atoms with van der Waals surface area (Å²) in [5, 5.41) is 2.89. The van der Waals surface area contributed by atoms with Crippen LogP contribution in [-0.4, -0.2) is 17.3 Å². The first-order valence-corrected chi connectivity index (χ1v) is 7.10. The quantitative estimate of drug-likeness (QED) is 0.589. The fraction of sp³-hybridized carbons (Fsp3) is 0.364. The number of nitrogens with one attached hydrogen (secondary N) is 1. The lowest BCUT2D eigenvalue weighted by Gasteiger charge is -2.23. The van der Waals surface area contributed by atoms with E-state index >= 15 is 0 Å². The minimum absolute atomic E-state index is 0.115. The van der Waals surface area contributed by atoms with Crippen molar-refractivity contribution >= 4 is 56.0 Å². The molecule has 88 valence electrons. The normalized spacial score (nSPS) is 11.3. The van der Waals surface area contributed by atoms with Gasteiger partial charge in [-0.15, -0.1) is 11.6 Å². The van der Waals surface area contributed by atoms with Gasteiger partial charge in [-0.1, -0.05) is 0 Å². The van der Waals surface area contributed by atoms with Crippen LogP contribution in [0.15, 0.2) is 22.7 Å². The van der Waals surface area contributed by atoms with Crippen LogP contribution in [0.3, 0.4) is 0 Å². The monoisotopic (exact) mass is 415 g/mol. The molecule has 0 heterocycles. The van der Waals surface area contributed by atoms with Crippen LogP contribution < -0.4 is 5.32 Å². The second kappa shape index (κ2) is 5.69. The Morgan fingerprint density at radius 1 is 1.56 bits per heavy atom. The highest BCUT2D eigenvalue weighted by Gasteiger charge is 2.21. The van der Waals surface area contributed by atoms with Gasteiger partial charge >= 0.3 is 0 Å². The van der Waals surface area contributed by atoms with Crippen LogP contribution in [-0.2, 0) is 0 Å². The van der Waals surface area contributed by atoms with Crippen molar-refractivity contribution in [3.05, 3.63) is 31.8 Å². The number of hydrogen-bond acceptors (Lipinski definition) is 1.